The summed E-state index contributed by atoms with van der Waals surface area (Å²) in [4.78, 5) is 24.6. The van der Waals surface area contributed by atoms with Gasteiger partial charge in [0.25, 0.3) is 0 Å². The third-order valence-corrected chi connectivity index (χ3v) is 5.78. The summed E-state index contributed by atoms with van der Waals surface area (Å²) >= 11 is 6.19. The lowest BCUT2D eigenvalue weighted by atomic mass is 10.2. The monoisotopic (exact) mass is 468 g/mol. The fraction of sp³-hybridized carbons (Fsp3) is 0.333. The summed E-state index contributed by atoms with van der Waals surface area (Å²) in [5, 5.41) is 2.73. The van der Waals surface area contributed by atoms with Crippen molar-refractivity contribution in [1.29, 1.82) is 0 Å². The maximum absolute atomic E-state index is 12.8. The van der Waals surface area contributed by atoms with E-state index >= 15 is 0 Å². The highest BCUT2D eigenvalue weighted by Gasteiger charge is 2.29. The zero-order valence-corrected chi connectivity index (χ0v) is 19.3. The van der Waals surface area contributed by atoms with Crippen LogP contribution < -0.4 is 14.4 Å². The lowest BCUT2D eigenvalue weighted by Gasteiger charge is -2.28. The van der Waals surface area contributed by atoms with Gasteiger partial charge in [-0.05, 0) is 63.2 Å². The summed E-state index contributed by atoms with van der Waals surface area (Å²) in [5.74, 6) is -0.537. The molecule has 2 aromatic carbocycles. The maximum atomic E-state index is 12.8. The van der Waals surface area contributed by atoms with Crippen LogP contribution in [0.25, 0.3) is 0 Å². The maximum Gasteiger partial charge on any atom is 0.338 e. The number of rotatable bonds is 9. The minimum atomic E-state index is -3.78. The van der Waals surface area contributed by atoms with Crippen molar-refractivity contribution < 1.29 is 27.5 Å². The molecule has 1 N–H and O–H groups in total. The van der Waals surface area contributed by atoms with E-state index in [4.69, 9.17) is 21.1 Å². The number of anilines is 2. The molecule has 0 aliphatic heterocycles. The molecule has 0 heterocycles. The molecular weight excluding hydrogens is 444 g/mol. The molecule has 0 saturated heterocycles. The lowest BCUT2D eigenvalue weighted by molar-refractivity contribution is -0.116. The number of halogens is 1. The average Bonchev–Trinajstić information content (AvgIpc) is 2.70. The minimum Gasteiger partial charge on any atom is -0.494 e. The highest BCUT2D eigenvalue weighted by molar-refractivity contribution is 7.92. The summed E-state index contributed by atoms with van der Waals surface area (Å²) < 4.78 is 36.2. The van der Waals surface area contributed by atoms with Gasteiger partial charge in [-0.15, -0.1) is 0 Å². The summed E-state index contributed by atoms with van der Waals surface area (Å²) in [6.45, 7) is 5.69. The molecule has 0 spiro atoms. The highest BCUT2D eigenvalue weighted by Crippen LogP contribution is 2.27. The van der Waals surface area contributed by atoms with Crippen LogP contribution in [0.15, 0.2) is 42.5 Å². The summed E-state index contributed by atoms with van der Waals surface area (Å²) in [5.41, 5.74) is 0.800. The number of amides is 1. The minimum absolute atomic E-state index is 0.123. The van der Waals surface area contributed by atoms with Crippen molar-refractivity contribution in [3.63, 3.8) is 0 Å². The molecule has 8 nitrogen and oxygen atoms in total. The van der Waals surface area contributed by atoms with Crippen LogP contribution in [0.2, 0.25) is 5.02 Å². The quantitative estimate of drug-likeness (QED) is 0.563. The molecule has 0 aromatic heterocycles. The van der Waals surface area contributed by atoms with E-state index in [9.17, 15) is 18.0 Å². The number of carbonyl (C=O) groups is 2. The van der Waals surface area contributed by atoms with Gasteiger partial charge in [0.05, 0.1) is 41.4 Å². The van der Waals surface area contributed by atoms with E-state index in [0.29, 0.717) is 18.0 Å². The van der Waals surface area contributed by atoms with Crippen LogP contribution in [0.1, 0.15) is 31.1 Å². The number of hydrogen-bond donors (Lipinski definition) is 1. The van der Waals surface area contributed by atoms with Crippen LogP contribution in [0.4, 0.5) is 11.4 Å². The molecule has 2 rings (SSSR count). The first kappa shape index (κ1) is 24.5. The second-order valence-corrected chi connectivity index (χ2v) is 8.83. The number of carbonyl (C=O) groups excluding carboxylic acids is 2. The lowest BCUT2D eigenvalue weighted by Crippen LogP contribution is -2.45. The number of hydrogen-bond acceptors (Lipinski definition) is 6. The first-order valence-electron chi connectivity index (χ1n) is 9.58. The summed E-state index contributed by atoms with van der Waals surface area (Å²) in [6, 6.07) is 9.62. The molecule has 2 aromatic rings. The summed E-state index contributed by atoms with van der Waals surface area (Å²) in [6.07, 6.45) is 1.02. The molecular formula is C21H25ClN2O6S. The Hall–Kier alpha value is -2.78. The number of benzene rings is 2. The van der Waals surface area contributed by atoms with Crippen LogP contribution in [-0.2, 0) is 19.6 Å². The fourth-order valence-electron chi connectivity index (χ4n) is 2.86. The Morgan fingerprint density at radius 3 is 2.26 bits per heavy atom. The molecule has 0 radical (unpaired) electrons. The van der Waals surface area contributed by atoms with Gasteiger partial charge in [0.1, 0.15) is 11.8 Å². The fourth-order valence-corrected chi connectivity index (χ4v) is 4.26. The zero-order valence-electron chi connectivity index (χ0n) is 17.7. The molecule has 1 atom stereocenters. The van der Waals surface area contributed by atoms with Crippen LogP contribution in [0.3, 0.4) is 0 Å². The van der Waals surface area contributed by atoms with Crippen LogP contribution in [0.5, 0.6) is 5.75 Å². The van der Waals surface area contributed by atoms with Gasteiger partial charge >= 0.3 is 5.97 Å². The number of esters is 1. The topological polar surface area (TPSA) is 102 Å². The van der Waals surface area contributed by atoms with E-state index in [-0.39, 0.29) is 22.9 Å². The first-order valence-corrected chi connectivity index (χ1v) is 11.8. The van der Waals surface area contributed by atoms with Crippen LogP contribution in [0, 0.1) is 0 Å². The van der Waals surface area contributed by atoms with Gasteiger partial charge in [-0.1, -0.05) is 11.6 Å². The number of ether oxygens (including phenoxy) is 2. The molecule has 0 aliphatic carbocycles. The molecule has 0 bridgehead atoms. The van der Waals surface area contributed by atoms with E-state index in [2.05, 4.69) is 5.32 Å². The van der Waals surface area contributed by atoms with Crippen molar-refractivity contribution in [3.8, 4) is 5.75 Å². The van der Waals surface area contributed by atoms with Crippen molar-refractivity contribution >= 4 is 44.9 Å². The van der Waals surface area contributed by atoms with Gasteiger partial charge in [0, 0.05) is 0 Å². The summed E-state index contributed by atoms with van der Waals surface area (Å²) in [7, 11) is -3.78. The van der Waals surface area contributed by atoms with Gasteiger partial charge < -0.3 is 14.8 Å². The Morgan fingerprint density at radius 1 is 1.10 bits per heavy atom. The van der Waals surface area contributed by atoms with E-state index in [1.807, 2.05) is 6.92 Å². The average molecular weight is 469 g/mol. The first-order chi connectivity index (χ1) is 14.6. The van der Waals surface area contributed by atoms with Gasteiger partial charge in [-0.25, -0.2) is 13.2 Å². The third-order valence-electron chi connectivity index (χ3n) is 4.23. The van der Waals surface area contributed by atoms with Crippen molar-refractivity contribution in [1.82, 2.24) is 0 Å². The predicted molar refractivity (Wildman–Crippen MR) is 120 cm³/mol. The molecule has 0 saturated carbocycles. The Bertz CT molecular complexity index is 1040. The molecule has 31 heavy (non-hydrogen) atoms. The number of nitrogens with one attached hydrogen (secondary N) is 1. The van der Waals surface area contributed by atoms with Crippen molar-refractivity contribution in [2.75, 3.05) is 29.1 Å². The molecule has 0 fully saturated rings. The number of nitrogens with zero attached hydrogens (tertiary/aromatic N) is 1. The van der Waals surface area contributed by atoms with Gasteiger partial charge in [0.2, 0.25) is 15.9 Å². The van der Waals surface area contributed by atoms with Gasteiger partial charge in [-0.3, -0.25) is 9.10 Å². The van der Waals surface area contributed by atoms with Gasteiger partial charge in [0.15, 0.2) is 0 Å². The van der Waals surface area contributed by atoms with Crippen molar-refractivity contribution in [3.05, 3.63) is 53.1 Å². The van der Waals surface area contributed by atoms with E-state index in [1.165, 1.54) is 25.1 Å². The second-order valence-electron chi connectivity index (χ2n) is 6.57. The smallest absolute Gasteiger partial charge is 0.338 e. The standard InChI is InChI=1S/C21H25ClN2O6S/c1-5-29-17-10-8-16(9-11-17)24(31(4,27)28)14(3)20(25)23-19-12-7-15(13-18(19)22)21(26)30-6-2/h7-14H,5-6H2,1-4H3,(H,23,25). The van der Waals surface area contributed by atoms with E-state index < -0.39 is 27.9 Å². The van der Waals surface area contributed by atoms with Crippen molar-refractivity contribution in [2.24, 2.45) is 0 Å². The van der Waals surface area contributed by atoms with Crippen molar-refractivity contribution in [2.45, 2.75) is 26.8 Å². The highest BCUT2D eigenvalue weighted by atomic mass is 35.5. The zero-order chi connectivity index (χ0) is 23.2. The molecule has 168 valence electrons. The molecule has 10 heteroatoms. The number of sulfonamides is 1. The second kappa shape index (κ2) is 10.5. The Balaban J connectivity index is 2.25. The normalized spacial score (nSPS) is 12.0. The Labute approximate surface area is 187 Å². The molecule has 1 amide bonds. The SMILES string of the molecule is CCOC(=O)c1ccc(NC(=O)C(C)N(c2ccc(OCC)cc2)S(C)(=O)=O)c(Cl)c1. The van der Waals surface area contributed by atoms with E-state index in [0.717, 1.165) is 10.6 Å². The molecule has 1 unspecified atom stereocenters. The van der Waals surface area contributed by atoms with Crippen LogP contribution in [-0.4, -0.2) is 45.8 Å². The largest absolute Gasteiger partial charge is 0.494 e. The Kier molecular flexibility index (Phi) is 8.29. The Morgan fingerprint density at radius 2 is 1.74 bits per heavy atom. The molecule has 0 aliphatic rings. The van der Waals surface area contributed by atoms with E-state index in [1.54, 1.807) is 31.2 Å². The third kappa shape index (κ3) is 6.35. The predicted octanol–water partition coefficient (Wildman–Crippen LogP) is 3.71. The van der Waals surface area contributed by atoms with Crippen LogP contribution >= 0.6 is 11.6 Å². The van der Waals surface area contributed by atoms with Gasteiger partial charge in [-0.2, -0.15) is 0 Å².